The molecule has 1 atom stereocenters. The van der Waals surface area contributed by atoms with Crippen LogP contribution in [0.5, 0.6) is 5.75 Å². The lowest BCUT2D eigenvalue weighted by atomic mass is 9.85. The number of thioether (sulfide) groups is 1. The summed E-state index contributed by atoms with van der Waals surface area (Å²) in [5, 5.41) is 24.3. The third kappa shape index (κ3) is 6.95. The molecule has 0 spiro atoms. The Morgan fingerprint density at radius 2 is 1.89 bits per heavy atom. The van der Waals surface area contributed by atoms with Gasteiger partial charge in [0.2, 0.25) is 0 Å². The summed E-state index contributed by atoms with van der Waals surface area (Å²) < 4.78 is 5.92. The van der Waals surface area contributed by atoms with Gasteiger partial charge in [-0.2, -0.15) is 11.8 Å². The molecule has 3 N–H and O–H groups in total. The normalized spacial score (nSPS) is 21.7. The summed E-state index contributed by atoms with van der Waals surface area (Å²) in [6.07, 6.45) is 4.77. The predicted octanol–water partition coefficient (Wildman–Crippen LogP) is 2.26. The summed E-state index contributed by atoms with van der Waals surface area (Å²) >= 11 is 1.98. The largest absolute Gasteiger partial charge is 0.491 e. The van der Waals surface area contributed by atoms with Gasteiger partial charge in [-0.15, -0.1) is 0 Å². The smallest absolute Gasteiger partial charge is 0.123 e. The van der Waals surface area contributed by atoms with Gasteiger partial charge in [-0.05, 0) is 18.9 Å². The molecule has 1 heterocycles. The van der Waals surface area contributed by atoms with Crippen molar-refractivity contribution in [1.82, 2.24) is 10.2 Å². The fourth-order valence-electron chi connectivity index (χ4n) is 3.93. The van der Waals surface area contributed by atoms with Crippen molar-refractivity contribution in [2.75, 3.05) is 44.3 Å². The molecular weight excluding hydrogens is 360 g/mol. The molecule has 2 fully saturated rings. The summed E-state index contributed by atoms with van der Waals surface area (Å²) in [6.45, 7) is 4.36. The van der Waals surface area contributed by atoms with E-state index in [2.05, 4.69) is 10.2 Å². The van der Waals surface area contributed by atoms with Gasteiger partial charge in [-0.25, -0.2) is 0 Å². The van der Waals surface area contributed by atoms with E-state index in [0.717, 1.165) is 61.6 Å². The maximum atomic E-state index is 10.6. The van der Waals surface area contributed by atoms with E-state index in [4.69, 9.17) is 4.74 Å². The van der Waals surface area contributed by atoms with E-state index in [1.54, 1.807) is 0 Å². The van der Waals surface area contributed by atoms with Crippen LogP contribution in [0.3, 0.4) is 0 Å². The summed E-state index contributed by atoms with van der Waals surface area (Å²) in [7, 11) is 0. The van der Waals surface area contributed by atoms with Crippen LogP contribution in [-0.2, 0) is 6.54 Å². The Balaban J connectivity index is 1.43. The minimum absolute atomic E-state index is 0.310. The highest BCUT2D eigenvalue weighted by Gasteiger charge is 2.28. The van der Waals surface area contributed by atoms with Gasteiger partial charge in [0.1, 0.15) is 18.5 Å². The monoisotopic (exact) mass is 394 g/mol. The lowest BCUT2D eigenvalue weighted by Gasteiger charge is -2.32. The van der Waals surface area contributed by atoms with Crippen LogP contribution in [0.25, 0.3) is 0 Å². The summed E-state index contributed by atoms with van der Waals surface area (Å²) in [6, 6.07) is 7.96. The van der Waals surface area contributed by atoms with Gasteiger partial charge < -0.3 is 20.3 Å². The van der Waals surface area contributed by atoms with E-state index < -0.39 is 11.7 Å². The fraction of sp³-hybridized carbons (Fsp3) is 0.714. The molecule has 3 rings (SSSR count). The Morgan fingerprint density at radius 3 is 2.67 bits per heavy atom. The molecule has 2 aliphatic rings. The van der Waals surface area contributed by atoms with Crippen molar-refractivity contribution in [3.63, 3.8) is 0 Å². The maximum Gasteiger partial charge on any atom is 0.123 e. The van der Waals surface area contributed by atoms with Crippen LogP contribution in [0.15, 0.2) is 24.3 Å². The first kappa shape index (κ1) is 20.9. The van der Waals surface area contributed by atoms with Gasteiger partial charge in [0.05, 0.1) is 5.60 Å². The molecule has 0 radical (unpaired) electrons. The van der Waals surface area contributed by atoms with Gasteiger partial charge >= 0.3 is 0 Å². The highest BCUT2D eigenvalue weighted by atomic mass is 32.2. The number of aliphatic hydroxyl groups excluding tert-OH is 1. The number of aliphatic hydroxyl groups is 2. The molecule has 0 bridgehead atoms. The van der Waals surface area contributed by atoms with E-state index in [-0.39, 0.29) is 0 Å². The molecule has 1 aromatic rings. The maximum absolute atomic E-state index is 10.6. The van der Waals surface area contributed by atoms with Gasteiger partial charge in [0, 0.05) is 49.8 Å². The molecule has 27 heavy (non-hydrogen) atoms. The quantitative estimate of drug-likeness (QED) is 0.597. The zero-order valence-corrected chi connectivity index (χ0v) is 17.1. The summed E-state index contributed by atoms with van der Waals surface area (Å²) in [5.41, 5.74) is 0.509. The topological polar surface area (TPSA) is 65.0 Å². The van der Waals surface area contributed by atoms with Crippen LogP contribution in [-0.4, -0.2) is 71.1 Å². The zero-order valence-electron chi connectivity index (χ0n) is 16.2. The number of ether oxygens (including phenoxy) is 1. The average molecular weight is 395 g/mol. The number of para-hydroxylation sites is 1. The van der Waals surface area contributed by atoms with Gasteiger partial charge in [-0.3, -0.25) is 4.90 Å². The summed E-state index contributed by atoms with van der Waals surface area (Å²) in [5.74, 6) is 3.11. The number of nitrogens with one attached hydrogen (secondary N) is 1. The molecule has 1 saturated heterocycles. The van der Waals surface area contributed by atoms with Crippen LogP contribution >= 0.6 is 11.8 Å². The molecule has 6 heteroatoms. The van der Waals surface area contributed by atoms with Crippen molar-refractivity contribution in [2.24, 2.45) is 0 Å². The third-order valence-corrected chi connectivity index (χ3v) is 6.47. The van der Waals surface area contributed by atoms with Crippen LogP contribution in [0.4, 0.5) is 0 Å². The molecule has 1 aliphatic heterocycles. The molecule has 1 aliphatic carbocycles. The molecule has 0 unspecified atom stereocenters. The van der Waals surface area contributed by atoms with Crippen LogP contribution < -0.4 is 10.1 Å². The molecule has 1 aromatic carbocycles. The SMILES string of the molecule is O[C@@H](COc1ccccc1CNCC1(O)CCCCC1)CN1CCSCC1. The zero-order chi connectivity index (χ0) is 19.0. The van der Waals surface area contributed by atoms with Crippen molar-refractivity contribution in [1.29, 1.82) is 0 Å². The van der Waals surface area contributed by atoms with E-state index in [1.165, 1.54) is 6.42 Å². The second-order valence-corrected chi connectivity index (χ2v) is 9.10. The molecule has 0 aromatic heterocycles. The molecule has 5 nitrogen and oxygen atoms in total. The van der Waals surface area contributed by atoms with Crippen LogP contribution in [0.1, 0.15) is 37.7 Å². The van der Waals surface area contributed by atoms with Crippen molar-refractivity contribution < 1.29 is 14.9 Å². The highest BCUT2D eigenvalue weighted by Crippen LogP contribution is 2.27. The first-order valence-corrected chi connectivity index (χ1v) is 11.4. The number of β-amino-alcohol motifs (C(OH)–C–C–N with tert-alkyl or cyclic N) is 1. The average Bonchev–Trinajstić information content (AvgIpc) is 2.68. The standard InChI is InChI=1S/C21H34N2O3S/c24-19(15-23-10-12-27-13-11-23)16-26-20-7-3-2-6-18(20)14-22-17-21(25)8-4-1-5-9-21/h2-3,6-7,19,22,24-25H,1,4-5,8-17H2/t19-/m1/s1. The third-order valence-electron chi connectivity index (χ3n) is 5.53. The second kappa shape index (κ2) is 10.7. The first-order valence-electron chi connectivity index (χ1n) is 10.3. The minimum atomic E-state index is -0.559. The van der Waals surface area contributed by atoms with Crippen molar-refractivity contribution in [2.45, 2.75) is 50.4 Å². The van der Waals surface area contributed by atoms with Gasteiger partial charge in [0.25, 0.3) is 0 Å². The van der Waals surface area contributed by atoms with Crippen molar-refractivity contribution >= 4 is 11.8 Å². The Morgan fingerprint density at radius 1 is 1.15 bits per heavy atom. The lowest BCUT2D eigenvalue weighted by Crippen LogP contribution is -2.42. The Kier molecular flexibility index (Phi) is 8.27. The van der Waals surface area contributed by atoms with E-state index in [9.17, 15) is 10.2 Å². The van der Waals surface area contributed by atoms with E-state index in [0.29, 0.717) is 26.2 Å². The predicted molar refractivity (Wildman–Crippen MR) is 111 cm³/mol. The molecule has 0 amide bonds. The number of nitrogens with zero attached hydrogens (tertiary/aromatic N) is 1. The Labute approximate surface area is 167 Å². The van der Waals surface area contributed by atoms with Gasteiger partial charge in [0.15, 0.2) is 0 Å². The number of benzene rings is 1. The van der Waals surface area contributed by atoms with Crippen LogP contribution in [0, 0.1) is 0 Å². The fourth-order valence-corrected chi connectivity index (χ4v) is 4.91. The van der Waals surface area contributed by atoms with Gasteiger partial charge in [-0.1, -0.05) is 37.5 Å². The second-order valence-electron chi connectivity index (χ2n) is 7.87. The molecular formula is C21H34N2O3S. The number of rotatable bonds is 9. The highest BCUT2D eigenvalue weighted by molar-refractivity contribution is 7.99. The number of hydrogen-bond acceptors (Lipinski definition) is 6. The van der Waals surface area contributed by atoms with E-state index >= 15 is 0 Å². The summed E-state index contributed by atoms with van der Waals surface area (Å²) in [4.78, 5) is 2.31. The van der Waals surface area contributed by atoms with E-state index in [1.807, 2.05) is 36.0 Å². The first-order chi connectivity index (χ1) is 13.1. The van der Waals surface area contributed by atoms with Crippen molar-refractivity contribution in [3.8, 4) is 5.75 Å². The Hall–Kier alpha value is -0.790. The Bertz CT molecular complexity index is 560. The lowest BCUT2D eigenvalue weighted by molar-refractivity contribution is 0.00461. The number of hydrogen-bond donors (Lipinski definition) is 3. The molecule has 152 valence electrons. The van der Waals surface area contributed by atoms with Crippen LogP contribution in [0.2, 0.25) is 0 Å². The minimum Gasteiger partial charge on any atom is -0.491 e. The molecule has 1 saturated carbocycles. The van der Waals surface area contributed by atoms with Crippen molar-refractivity contribution in [3.05, 3.63) is 29.8 Å².